The van der Waals surface area contributed by atoms with Gasteiger partial charge < -0.3 is 10.2 Å². The number of rotatable bonds is 4. The topological polar surface area (TPSA) is 52.7 Å². The number of para-hydroxylation sites is 1. The van der Waals surface area contributed by atoms with Crippen LogP contribution in [-0.2, 0) is 0 Å². The first-order chi connectivity index (χ1) is 15.9. The zero-order valence-electron chi connectivity index (χ0n) is 19.1. The zero-order valence-corrected chi connectivity index (χ0v) is 19.8. The summed E-state index contributed by atoms with van der Waals surface area (Å²) in [7, 11) is 4.10. The van der Waals surface area contributed by atoms with Gasteiger partial charge in [-0.15, -0.1) is 0 Å². The van der Waals surface area contributed by atoms with Crippen LogP contribution in [0.15, 0.2) is 72.8 Å². The lowest BCUT2D eigenvalue weighted by Gasteiger charge is -2.28. The molecule has 0 saturated heterocycles. The molecule has 3 aromatic carbocycles. The minimum atomic E-state index is -0.441. The van der Waals surface area contributed by atoms with E-state index in [0.29, 0.717) is 23.2 Å². The predicted molar refractivity (Wildman–Crippen MR) is 134 cm³/mol. The Bertz CT molecular complexity index is 1160. The van der Waals surface area contributed by atoms with Gasteiger partial charge in [0, 0.05) is 22.9 Å². The smallest absolute Gasteiger partial charge is 0.259 e. The van der Waals surface area contributed by atoms with E-state index < -0.39 is 5.50 Å². The molecule has 5 nitrogen and oxygen atoms in total. The van der Waals surface area contributed by atoms with E-state index >= 15 is 0 Å². The van der Waals surface area contributed by atoms with Crippen molar-refractivity contribution in [2.75, 3.05) is 24.3 Å². The second-order valence-corrected chi connectivity index (χ2v) is 9.08. The van der Waals surface area contributed by atoms with Crippen LogP contribution in [0.1, 0.15) is 50.7 Å². The monoisotopic (exact) mass is 461 g/mol. The van der Waals surface area contributed by atoms with E-state index in [1.54, 1.807) is 35.2 Å². The molecule has 2 amide bonds. The highest BCUT2D eigenvalue weighted by molar-refractivity contribution is 6.26. The molecule has 0 fully saturated rings. The summed E-state index contributed by atoms with van der Waals surface area (Å²) in [5.74, 6) is -0.331. The van der Waals surface area contributed by atoms with Crippen LogP contribution in [-0.4, -0.2) is 36.3 Å². The number of hydrogen-bond acceptors (Lipinski definition) is 3. The lowest BCUT2D eigenvalue weighted by molar-refractivity contribution is 0.0982. The molecule has 170 valence electrons. The molecular weight excluding hydrogens is 434 g/mol. The summed E-state index contributed by atoms with van der Waals surface area (Å²) in [6, 6.07) is 22.6. The summed E-state index contributed by atoms with van der Waals surface area (Å²) in [5.41, 5.74) is 4.18. The van der Waals surface area contributed by atoms with Crippen molar-refractivity contribution < 1.29 is 9.59 Å². The molecule has 1 N–H and O–H groups in total. The first-order valence-corrected chi connectivity index (χ1v) is 11.5. The minimum Gasteiger partial charge on any atom is -0.322 e. The Morgan fingerprint density at radius 2 is 1.61 bits per heavy atom. The molecule has 0 saturated carbocycles. The van der Waals surface area contributed by atoms with Crippen LogP contribution in [0, 0.1) is 6.92 Å². The van der Waals surface area contributed by atoms with Gasteiger partial charge in [0.15, 0.2) is 0 Å². The Kier molecular flexibility index (Phi) is 6.82. The molecule has 0 bridgehead atoms. The van der Waals surface area contributed by atoms with Gasteiger partial charge in [0.25, 0.3) is 11.8 Å². The SMILES string of the molecule is Cc1ccccc1C(=O)Nc1ccc(C(=O)N2c3ccccc3C(N(C)C)CCC2Cl)cc1. The summed E-state index contributed by atoms with van der Waals surface area (Å²) < 4.78 is 0. The number of aryl methyl sites for hydroxylation is 1. The molecule has 6 heteroatoms. The molecule has 0 spiro atoms. The van der Waals surface area contributed by atoms with Gasteiger partial charge in [-0.2, -0.15) is 0 Å². The van der Waals surface area contributed by atoms with Crippen LogP contribution in [0.3, 0.4) is 0 Å². The van der Waals surface area contributed by atoms with E-state index in [1.165, 1.54) is 0 Å². The van der Waals surface area contributed by atoms with Gasteiger partial charge in [-0.05, 0) is 81.4 Å². The summed E-state index contributed by atoms with van der Waals surface area (Å²) in [6.45, 7) is 1.90. The highest BCUT2D eigenvalue weighted by atomic mass is 35.5. The second-order valence-electron chi connectivity index (χ2n) is 8.57. The number of carbonyl (C=O) groups is 2. The number of alkyl halides is 1. The number of halogens is 1. The van der Waals surface area contributed by atoms with Gasteiger partial charge in [0.1, 0.15) is 5.50 Å². The highest BCUT2D eigenvalue weighted by Crippen LogP contribution is 2.39. The number of fused-ring (bicyclic) bond motifs is 1. The van der Waals surface area contributed by atoms with Crippen molar-refractivity contribution in [2.45, 2.75) is 31.3 Å². The number of carbonyl (C=O) groups excluding carboxylic acids is 2. The van der Waals surface area contributed by atoms with E-state index in [-0.39, 0.29) is 17.9 Å². The van der Waals surface area contributed by atoms with Crippen LogP contribution in [0.25, 0.3) is 0 Å². The van der Waals surface area contributed by atoms with Crippen molar-refractivity contribution in [1.29, 1.82) is 0 Å². The standard InChI is InChI=1S/C27H28ClN3O2/c1-18-8-4-5-9-21(18)26(32)29-20-14-12-19(13-15-20)27(33)31-24-11-7-6-10-22(24)23(30(2)3)16-17-25(31)28/h4-15,23,25H,16-17H2,1-3H3,(H,29,32). The largest absolute Gasteiger partial charge is 0.322 e. The molecule has 1 heterocycles. The summed E-state index contributed by atoms with van der Waals surface area (Å²) in [5, 5.41) is 2.90. The van der Waals surface area contributed by atoms with E-state index in [2.05, 4.69) is 16.3 Å². The van der Waals surface area contributed by atoms with E-state index in [1.807, 2.05) is 57.4 Å². The van der Waals surface area contributed by atoms with Crippen LogP contribution in [0.4, 0.5) is 11.4 Å². The molecule has 0 aromatic heterocycles. The van der Waals surface area contributed by atoms with E-state index in [9.17, 15) is 9.59 Å². The molecule has 4 rings (SSSR count). The molecule has 2 unspecified atom stereocenters. The third kappa shape index (κ3) is 4.80. The van der Waals surface area contributed by atoms with Crippen LogP contribution in [0.5, 0.6) is 0 Å². The maximum atomic E-state index is 13.5. The van der Waals surface area contributed by atoms with Crippen LogP contribution in [0.2, 0.25) is 0 Å². The van der Waals surface area contributed by atoms with Crippen molar-refractivity contribution in [3.8, 4) is 0 Å². The fraction of sp³-hybridized carbons (Fsp3) is 0.259. The molecule has 1 aliphatic heterocycles. The number of nitrogens with one attached hydrogen (secondary N) is 1. The molecule has 0 aliphatic carbocycles. The van der Waals surface area contributed by atoms with Crippen molar-refractivity contribution in [3.63, 3.8) is 0 Å². The van der Waals surface area contributed by atoms with Gasteiger partial charge in [-0.25, -0.2) is 0 Å². The quantitative estimate of drug-likeness (QED) is 0.391. The van der Waals surface area contributed by atoms with E-state index in [0.717, 1.165) is 23.2 Å². The third-order valence-corrected chi connectivity index (χ3v) is 6.55. The fourth-order valence-electron chi connectivity index (χ4n) is 4.35. The third-order valence-electron chi connectivity index (χ3n) is 6.14. The molecule has 3 aromatic rings. The van der Waals surface area contributed by atoms with E-state index in [4.69, 9.17) is 11.6 Å². The first-order valence-electron chi connectivity index (χ1n) is 11.1. The lowest BCUT2D eigenvalue weighted by Crippen LogP contribution is -2.37. The van der Waals surface area contributed by atoms with Crippen LogP contribution < -0.4 is 10.2 Å². The summed E-state index contributed by atoms with van der Waals surface area (Å²) in [4.78, 5) is 30.0. The molecule has 2 atom stereocenters. The number of benzene rings is 3. The Balaban J connectivity index is 1.58. The van der Waals surface area contributed by atoms with Crippen molar-refractivity contribution in [1.82, 2.24) is 4.90 Å². The Morgan fingerprint density at radius 1 is 0.939 bits per heavy atom. The van der Waals surface area contributed by atoms with Gasteiger partial charge in [-0.3, -0.25) is 14.5 Å². The predicted octanol–water partition coefficient (Wildman–Crippen LogP) is 5.86. The van der Waals surface area contributed by atoms with Gasteiger partial charge in [0.2, 0.25) is 0 Å². The van der Waals surface area contributed by atoms with Gasteiger partial charge >= 0.3 is 0 Å². The minimum absolute atomic E-state index is 0.154. The summed E-state index contributed by atoms with van der Waals surface area (Å²) >= 11 is 6.74. The lowest BCUT2D eigenvalue weighted by atomic mass is 10.0. The summed E-state index contributed by atoms with van der Waals surface area (Å²) in [6.07, 6.45) is 1.56. The maximum Gasteiger partial charge on any atom is 0.259 e. The molecule has 33 heavy (non-hydrogen) atoms. The maximum absolute atomic E-state index is 13.5. The van der Waals surface area contributed by atoms with Crippen molar-refractivity contribution in [2.24, 2.45) is 0 Å². The molecule has 0 radical (unpaired) electrons. The Morgan fingerprint density at radius 3 is 2.30 bits per heavy atom. The van der Waals surface area contributed by atoms with Gasteiger partial charge in [0.05, 0.1) is 5.69 Å². The average molecular weight is 462 g/mol. The Hall–Kier alpha value is -3.15. The Labute approximate surface area is 200 Å². The number of amides is 2. The number of anilines is 2. The molecular formula is C27H28ClN3O2. The fourth-order valence-corrected chi connectivity index (χ4v) is 4.67. The molecule has 1 aliphatic rings. The van der Waals surface area contributed by atoms with Gasteiger partial charge in [-0.1, -0.05) is 48.0 Å². The normalized spacial score (nSPS) is 17.9. The van der Waals surface area contributed by atoms with Crippen molar-refractivity contribution >= 4 is 34.8 Å². The highest BCUT2D eigenvalue weighted by Gasteiger charge is 2.33. The second kappa shape index (κ2) is 9.77. The van der Waals surface area contributed by atoms with Crippen molar-refractivity contribution in [3.05, 3.63) is 95.1 Å². The van der Waals surface area contributed by atoms with Crippen LogP contribution >= 0.6 is 11.6 Å². The number of hydrogen-bond donors (Lipinski definition) is 1. The number of nitrogens with zero attached hydrogens (tertiary/aromatic N) is 2. The average Bonchev–Trinajstić information content (AvgIpc) is 2.95. The first kappa shape index (κ1) is 23.0. The zero-order chi connectivity index (χ0) is 23.5.